The van der Waals surface area contributed by atoms with E-state index >= 15 is 0 Å². The maximum absolute atomic E-state index is 13.7. The molecule has 7 nitrogen and oxygen atoms in total. The maximum atomic E-state index is 13.7. The molecule has 5 rings (SSSR count). The van der Waals surface area contributed by atoms with Crippen LogP contribution in [-0.2, 0) is 16.6 Å². The molecule has 1 fully saturated rings. The number of pyridine rings is 1. The molecule has 1 amide bonds. The van der Waals surface area contributed by atoms with Crippen LogP contribution in [0.3, 0.4) is 0 Å². The largest absolute Gasteiger partial charge is 0.278 e. The summed E-state index contributed by atoms with van der Waals surface area (Å²) in [5.41, 5.74) is 1.58. The van der Waals surface area contributed by atoms with Crippen molar-refractivity contribution in [3.8, 4) is 0 Å². The topological polar surface area (TPSA) is 83.5 Å². The maximum Gasteiger partial charge on any atom is 0.260 e. The van der Waals surface area contributed by atoms with Crippen molar-refractivity contribution in [2.24, 2.45) is 0 Å². The second-order valence-electron chi connectivity index (χ2n) is 8.66. The van der Waals surface area contributed by atoms with E-state index in [1.807, 2.05) is 12.1 Å². The number of carbonyl (C=O) groups is 1. The second kappa shape index (κ2) is 10.4. The molecule has 0 N–H and O–H groups in total. The molecule has 3 heterocycles. The van der Waals surface area contributed by atoms with Gasteiger partial charge in [0.05, 0.1) is 27.4 Å². The Morgan fingerprint density at radius 1 is 1.00 bits per heavy atom. The molecule has 10 heteroatoms. The van der Waals surface area contributed by atoms with Crippen LogP contribution in [0.15, 0.2) is 71.8 Å². The van der Waals surface area contributed by atoms with Crippen LogP contribution in [0, 0.1) is 5.82 Å². The molecule has 1 aliphatic heterocycles. The molecular formula is C26H25FN4O3S2. The lowest BCUT2D eigenvalue weighted by Crippen LogP contribution is -2.32. The van der Waals surface area contributed by atoms with Crippen molar-refractivity contribution in [1.29, 1.82) is 0 Å². The minimum Gasteiger partial charge on any atom is -0.278 e. The summed E-state index contributed by atoms with van der Waals surface area (Å²) in [5.74, 6) is -0.722. The molecule has 0 spiro atoms. The first-order valence-corrected chi connectivity index (χ1v) is 14.1. The molecule has 0 bridgehead atoms. The van der Waals surface area contributed by atoms with Crippen molar-refractivity contribution < 1.29 is 17.6 Å². The number of fused-ring (bicyclic) bond motifs is 1. The fourth-order valence-electron chi connectivity index (χ4n) is 4.24. The Hall–Kier alpha value is -3.21. The normalized spacial score (nSPS) is 15.0. The number of hydrogen-bond acceptors (Lipinski definition) is 6. The Morgan fingerprint density at radius 3 is 2.44 bits per heavy atom. The molecule has 0 aliphatic carbocycles. The highest BCUT2D eigenvalue weighted by atomic mass is 32.2. The van der Waals surface area contributed by atoms with Crippen molar-refractivity contribution in [2.75, 3.05) is 18.0 Å². The highest BCUT2D eigenvalue weighted by Gasteiger charge is 2.27. The van der Waals surface area contributed by atoms with Crippen molar-refractivity contribution in [1.82, 2.24) is 14.3 Å². The first-order valence-electron chi connectivity index (χ1n) is 11.8. The minimum absolute atomic E-state index is 0.163. The van der Waals surface area contributed by atoms with Crippen LogP contribution in [0.25, 0.3) is 10.2 Å². The number of sulfonamides is 1. The van der Waals surface area contributed by atoms with Gasteiger partial charge in [-0.2, -0.15) is 4.31 Å². The van der Waals surface area contributed by atoms with Gasteiger partial charge in [0.1, 0.15) is 5.82 Å². The number of rotatable bonds is 6. The standard InChI is InChI=1S/C26H25FN4O3S2/c27-20-10-13-23-24(17-20)35-26(29-23)31(18-21-7-3-4-14-28-21)25(32)19-8-11-22(12-9-19)36(33,34)30-15-5-1-2-6-16-30/h3-4,7-14,17H,1-2,5-6,15-16,18H2. The Bertz CT molecular complexity index is 1470. The molecule has 2 aromatic heterocycles. The van der Waals surface area contributed by atoms with Crippen molar-refractivity contribution in [2.45, 2.75) is 37.1 Å². The average molecular weight is 525 g/mol. The summed E-state index contributed by atoms with van der Waals surface area (Å²) < 4.78 is 42.2. The quantitative estimate of drug-likeness (QED) is 0.344. The van der Waals surface area contributed by atoms with Crippen molar-refractivity contribution in [3.63, 3.8) is 0 Å². The van der Waals surface area contributed by atoms with Crippen LogP contribution in [0.1, 0.15) is 41.7 Å². The molecule has 186 valence electrons. The van der Waals surface area contributed by atoms with E-state index in [0.717, 1.165) is 25.7 Å². The van der Waals surface area contributed by atoms with E-state index in [-0.39, 0.29) is 23.2 Å². The Balaban J connectivity index is 1.46. The lowest BCUT2D eigenvalue weighted by atomic mass is 10.2. The van der Waals surface area contributed by atoms with Crippen LogP contribution in [-0.4, -0.2) is 41.7 Å². The molecule has 0 atom stereocenters. The predicted octanol–water partition coefficient (Wildman–Crippen LogP) is 5.24. The summed E-state index contributed by atoms with van der Waals surface area (Å²) in [6, 6.07) is 15.8. The molecule has 2 aromatic carbocycles. The Morgan fingerprint density at radius 2 is 1.75 bits per heavy atom. The molecule has 1 aliphatic rings. The fourth-order valence-corrected chi connectivity index (χ4v) is 6.74. The van der Waals surface area contributed by atoms with Gasteiger partial charge < -0.3 is 0 Å². The summed E-state index contributed by atoms with van der Waals surface area (Å²) in [6.45, 7) is 1.19. The second-order valence-corrected chi connectivity index (χ2v) is 11.6. The highest BCUT2D eigenvalue weighted by Crippen LogP contribution is 2.31. The lowest BCUT2D eigenvalue weighted by Gasteiger charge is -2.21. The van der Waals surface area contributed by atoms with Crippen molar-refractivity contribution >= 4 is 42.6 Å². The van der Waals surface area contributed by atoms with Gasteiger partial charge in [-0.1, -0.05) is 30.2 Å². The minimum atomic E-state index is -3.62. The summed E-state index contributed by atoms with van der Waals surface area (Å²) in [6.07, 6.45) is 5.41. The van der Waals surface area contributed by atoms with Crippen molar-refractivity contribution in [3.05, 3.63) is 83.9 Å². The fraction of sp³-hybridized carbons (Fsp3) is 0.269. The smallest absolute Gasteiger partial charge is 0.260 e. The number of thiazole rings is 1. The third-order valence-corrected chi connectivity index (χ3v) is 9.12. The van der Waals surface area contributed by atoms with Gasteiger partial charge in [0.15, 0.2) is 5.13 Å². The van der Waals surface area contributed by atoms with Crippen LogP contribution in [0.4, 0.5) is 9.52 Å². The van der Waals surface area contributed by atoms with Gasteiger partial charge in [0.2, 0.25) is 10.0 Å². The van der Waals surface area contributed by atoms with Gasteiger partial charge in [-0.3, -0.25) is 14.7 Å². The van der Waals surface area contributed by atoms with Gasteiger partial charge in [-0.05, 0) is 67.4 Å². The molecule has 0 saturated carbocycles. The molecule has 4 aromatic rings. The summed E-state index contributed by atoms with van der Waals surface area (Å²) in [4.78, 5) is 24.2. The zero-order valence-electron chi connectivity index (χ0n) is 19.5. The van der Waals surface area contributed by atoms with E-state index in [0.29, 0.717) is 39.7 Å². The first kappa shape index (κ1) is 24.5. The van der Waals surface area contributed by atoms with Gasteiger partial charge in [-0.25, -0.2) is 17.8 Å². The SMILES string of the molecule is O=C(c1ccc(S(=O)(=O)N2CCCCCC2)cc1)N(Cc1ccccn1)c1nc2ccc(F)cc2s1. The summed E-state index contributed by atoms with van der Waals surface area (Å²) in [7, 11) is -3.62. The first-order chi connectivity index (χ1) is 17.4. The number of aromatic nitrogens is 2. The molecule has 1 saturated heterocycles. The number of halogens is 1. The van der Waals surface area contributed by atoms with E-state index < -0.39 is 10.0 Å². The van der Waals surface area contributed by atoms with Gasteiger partial charge in [-0.15, -0.1) is 0 Å². The van der Waals surface area contributed by atoms with Crippen LogP contribution in [0.2, 0.25) is 0 Å². The van der Waals surface area contributed by atoms with Crippen LogP contribution < -0.4 is 4.90 Å². The lowest BCUT2D eigenvalue weighted by molar-refractivity contribution is 0.0984. The number of hydrogen-bond donors (Lipinski definition) is 0. The number of anilines is 1. The number of nitrogens with zero attached hydrogens (tertiary/aromatic N) is 4. The van der Waals surface area contributed by atoms with Gasteiger partial charge in [0.25, 0.3) is 5.91 Å². The zero-order chi connectivity index (χ0) is 25.1. The van der Waals surface area contributed by atoms with Gasteiger partial charge in [0, 0.05) is 24.8 Å². The third-order valence-electron chi connectivity index (χ3n) is 6.17. The summed E-state index contributed by atoms with van der Waals surface area (Å²) >= 11 is 1.21. The van der Waals surface area contributed by atoms with E-state index in [2.05, 4.69) is 9.97 Å². The zero-order valence-corrected chi connectivity index (χ0v) is 21.1. The monoisotopic (exact) mass is 524 g/mol. The van der Waals surface area contributed by atoms with Gasteiger partial charge >= 0.3 is 0 Å². The van der Waals surface area contributed by atoms with E-state index in [9.17, 15) is 17.6 Å². The van der Waals surface area contributed by atoms with Crippen LogP contribution >= 0.6 is 11.3 Å². The Kier molecular flexibility index (Phi) is 7.08. The molecule has 0 radical (unpaired) electrons. The molecular weight excluding hydrogens is 499 g/mol. The average Bonchev–Trinajstić information content (AvgIpc) is 3.10. The van der Waals surface area contributed by atoms with E-state index in [1.54, 1.807) is 18.3 Å². The van der Waals surface area contributed by atoms with E-state index in [1.165, 1.54) is 56.9 Å². The van der Waals surface area contributed by atoms with Crippen LogP contribution in [0.5, 0.6) is 0 Å². The predicted molar refractivity (Wildman–Crippen MR) is 138 cm³/mol. The molecule has 0 unspecified atom stereocenters. The molecule has 36 heavy (non-hydrogen) atoms. The number of amides is 1. The number of benzene rings is 2. The third kappa shape index (κ3) is 5.16. The summed E-state index contributed by atoms with van der Waals surface area (Å²) in [5, 5.41) is 0.410. The Labute approximate surface area is 213 Å². The number of carbonyl (C=O) groups excluding carboxylic acids is 1. The van der Waals surface area contributed by atoms with E-state index in [4.69, 9.17) is 0 Å². The highest BCUT2D eigenvalue weighted by molar-refractivity contribution is 7.89.